The minimum atomic E-state index is -2.57. The Morgan fingerprint density at radius 2 is 1.70 bits per heavy atom. The molecule has 2 aliphatic rings. The number of ketones is 2. The molecule has 3 heterocycles. The van der Waals surface area contributed by atoms with Crippen molar-refractivity contribution in [2.24, 2.45) is 17.8 Å². The van der Waals surface area contributed by atoms with Crippen molar-refractivity contribution in [1.82, 2.24) is 14.5 Å². The molecule has 0 bridgehead atoms. The van der Waals surface area contributed by atoms with Crippen LogP contribution in [0.25, 0.3) is 0 Å². The Bertz CT molecular complexity index is 1930. The molecule has 1 aromatic carbocycles. The molecule has 2 aliphatic heterocycles. The fourth-order valence-electron chi connectivity index (χ4n) is 8.18. The van der Waals surface area contributed by atoms with Gasteiger partial charge in [-0.2, -0.15) is 0 Å². The van der Waals surface area contributed by atoms with Gasteiger partial charge in [0.15, 0.2) is 37.9 Å². The Labute approximate surface area is 374 Å². The predicted molar refractivity (Wildman–Crippen MR) is 238 cm³/mol. The number of likely N-dealkylation sites (N-methyl/N-ethyl adjacent to an activating group) is 1. The van der Waals surface area contributed by atoms with Crippen LogP contribution >= 0.6 is 0 Å². The summed E-state index contributed by atoms with van der Waals surface area (Å²) in [5, 5.41) is -0.260. The molecule has 15 nitrogen and oxygen atoms in total. The third-order valence-corrected chi connectivity index (χ3v) is 17.7. The van der Waals surface area contributed by atoms with Gasteiger partial charge in [-0.1, -0.05) is 59.7 Å². The zero-order chi connectivity index (χ0) is 47.2. The zero-order valence-electron chi connectivity index (χ0n) is 40.0. The summed E-state index contributed by atoms with van der Waals surface area (Å²) in [5.41, 5.74) is -2.62. The number of allylic oxidation sites excluding steroid dienone is 1. The minimum absolute atomic E-state index is 0.0436. The van der Waals surface area contributed by atoms with Gasteiger partial charge in [-0.25, -0.2) is 19.1 Å². The number of ether oxygens (including phenoxy) is 6. The zero-order valence-corrected chi connectivity index (χ0v) is 41.0. The molecule has 350 valence electrons. The van der Waals surface area contributed by atoms with Crippen molar-refractivity contribution in [3.05, 3.63) is 66.3 Å². The highest BCUT2D eigenvalue weighted by atomic mass is 28.4. The number of carbonyl (C=O) groups is 5. The molecule has 4 rings (SSSR count). The van der Waals surface area contributed by atoms with Crippen LogP contribution in [-0.2, 0) is 47.2 Å². The fraction of sp³-hybridized carbons (Fsp3) is 0.660. The predicted octanol–water partition coefficient (Wildman–Crippen LogP) is 7.43. The van der Waals surface area contributed by atoms with Gasteiger partial charge in [0.2, 0.25) is 0 Å². The SMILES string of the molecule is CC[C@H]1OC(=O)[C@H](C)C(=O)[C@H](C)[C@@H](O[C@@H]2O[C@H](C)C[C@H](N(C)C)[C@H]2OC(=O)c2ccccc2)[C@](C)(OC)C[C@@H](C)C(=O)/C(C)=C/[C@]1(CO[Si](C)(C)C(C)(C)C)OC(=O)n1ccnc1. The van der Waals surface area contributed by atoms with Gasteiger partial charge in [0, 0.05) is 31.3 Å². The highest BCUT2D eigenvalue weighted by Crippen LogP contribution is 2.41. The summed E-state index contributed by atoms with van der Waals surface area (Å²) < 4.78 is 46.2. The van der Waals surface area contributed by atoms with Gasteiger partial charge in [0.1, 0.15) is 18.3 Å². The van der Waals surface area contributed by atoms with E-state index >= 15 is 0 Å². The molecule has 16 heteroatoms. The monoisotopic (exact) mass is 897 g/mol. The van der Waals surface area contributed by atoms with Crippen molar-refractivity contribution in [3.63, 3.8) is 0 Å². The topological polar surface area (TPSA) is 171 Å². The molecule has 1 fully saturated rings. The maximum Gasteiger partial charge on any atom is 0.420 e. The first-order chi connectivity index (χ1) is 29.3. The van der Waals surface area contributed by atoms with E-state index in [9.17, 15) is 24.0 Å². The van der Waals surface area contributed by atoms with Crippen molar-refractivity contribution in [3.8, 4) is 0 Å². The number of cyclic esters (lactones) is 1. The van der Waals surface area contributed by atoms with E-state index in [-0.39, 0.29) is 48.0 Å². The van der Waals surface area contributed by atoms with Crippen LogP contribution in [0.5, 0.6) is 0 Å². The largest absolute Gasteiger partial charge is 0.457 e. The van der Waals surface area contributed by atoms with Gasteiger partial charge in [-0.3, -0.25) is 14.4 Å². The summed E-state index contributed by atoms with van der Waals surface area (Å²) in [6, 6.07) is 8.25. The van der Waals surface area contributed by atoms with E-state index < -0.39 is 85.7 Å². The molecule has 0 unspecified atom stereocenters. The second-order valence-electron chi connectivity index (χ2n) is 19.3. The average molecular weight is 898 g/mol. The third kappa shape index (κ3) is 12.0. The van der Waals surface area contributed by atoms with Crippen molar-refractivity contribution in [2.45, 2.75) is 155 Å². The van der Waals surface area contributed by atoms with Crippen molar-refractivity contribution in [2.75, 3.05) is 27.8 Å². The van der Waals surface area contributed by atoms with E-state index in [2.05, 4.69) is 25.8 Å². The molecule has 0 saturated carbocycles. The van der Waals surface area contributed by atoms with Crippen LogP contribution < -0.4 is 0 Å². The Kier molecular flexibility index (Phi) is 17.1. The lowest BCUT2D eigenvalue weighted by Gasteiger charge is -2.47. The average Bonchev–Trinajstić information content (AvgIpc) is 3.78. The molecule has 0 radical (unpaired) electrons. The lowest BCUT2D eigenvalue weighted by atomic mass is 9.77. The maximum absolute atomic E-state index is 14.8. The standard InChI is InChI=1S/C47H71N3O12Si/c1-16-36-47(27-57-63(14,15)45(7,8)9,62-44(55)50-23-22-48-28-50)26-30(3)37(51)29(2)25-46(10,56-13)40(32(5)38(52)33(6)41(53)59-36)61-43-39(35(49(11)12)24-31(4)58-43)60-42(54)34-20-18-17-19-21-34/h17-23,26,28-29,31-33,35-36,39-40,43H,16,24-25,27H2,1-15H3/b30-26+/t29-,31-,32+,33-,35+,36-,39-,40-,43+,46-,47-/m1/s1. The smallest absolute Gasteiger partial charge is 0.420 e. The molecule has 0 N–H and O–H groups in total. The van der Waals surface area contributed by atoms with Gasteiger partial charge < -0.3 is 37.7 Å². The highest BCUT2D eigenvalue weighted by Gasteiger charge is 2.53. The molecule has 0 spiro atoms. The first-order valence-corrected chi connectivity index (χ1v) is 24.8. The number of rotatable bonds is 11. The first kappa shape index (κ1) is 51.6. The quantitative estimate of drug-likeness (QED) is 0.0944. The van der Waals surface area contributed by atoms with Gasteiger partial charge in [-0.05, 0) is 103 Å². The Balaban J connectivity index is 1.86. The fourth-order valence-corrected chi connectivity index (χ4v) is 9.20. The Hall–Kier alpha value is -4.06. The molecular weight excluding hydrogens is 827 g/mol. The second kappa shape index (κ2) is 20.8. The molecular formula is C47H71N3O12Si. The molecule has 2 aromatic rings. The summed E-state index contributed by atoms with van der Waals surface area (Å²) in [5.74, 6) is -5.46. The lowest BCUT2D eigenvalue weighted by molar-refractivity contribution is -0.294. The van der Waals surface area contributed by atoms with Crippen LogP contribution in [0.3, 0.4) is 0 Å². The molecule has 0 aliphatic carbocycles. The molecule has 1 saturated heterocycles. The summed E-state index contributed by atoms with van der Waals surface area (Å²) >= 11 is 0. The van der Waals surface area contributed by atoms with Crippen molar-refractivity contribution < 1.29 is 56.8 Å². The van der Waals surface area contributed by atoms with Crippen molar-refractivity contribution in [1.29, 1.82) is 0 Å². The van der Waals surface area contributed by atoms with Gasteiger partial charge >= 0.3 is 18.0 Å². The normalized spacial score (nSPS) is 32.6. The van der Waals surface area contributed by atoms with Crippen LogP contribution in [0, 0.1) is 17.8 Å². The number of Topliss-reactive ketones (excluding diaryl/α,β-unsaturated/α-hetero) is 2. The van der Waals surface area contributed by atoms with E-state index in [0.717, 1.165) is 4.57 Å². The number of benzene rings is 1. The van der Waals surface area contributed by atoms with Crippen LogP contribution in [0.1, 0.15) is 98.9 Å². The van der Waals surface area contributed by atoms with Crippen molar-refractivity contribution >= 4 is 37.9 Å². The third-order valence-electron chi connectivity index (χ3n) is 13.2. The van der Waals surface area contributed by atoms with Gasteiger partial charge in [-0.15, -0.1) is 0 Å². The van der Waals surface area contributed by atoms with Crippen LogP contribution in [0.2, 0.25) is 18.1 Å². The highest BCUT2D eigenvalue weighted by molar-refractivity contribution is 6.74. The summed E-state index contributed by atoms with van der Waals surface area (Å²) in [6.45, 7) is 21.9. The van der Waals surface area contributed by atoms with E-state index in [4.69, 9.17) is 32.8 Å². The number of nitrogens with zero attached hydrogens (tertiary/aromatic N) is 3. The summed E-state index contributed by atoms with van der Waals surface area (Å²) in [7, 11) is 2.66. The number of hydrogen-bond acceptors (Lipinski definition) is 14. The van der Waals surface area contributed by atoms with E-state index in [0.29, 0.717) is 12.0 Å². The van der Waals surface area contributed by atoms with Crippen LogP contribution in [0.4, 0.5) is 4.79 Å². The van der Waals surface area contributed by atoms with Gasteiger partial charge in [0.05, 0.1) is 36.0 Å². The lowest BCUT2D eigenvalue weighted by Crippen LogP contribution is -2.60. The number of hydrogen-bond donors (Lipinski definition) is 0. The van der Waals surface area contributed by atoms with Crippen LogP contribution in [0.15, 0.2) is 60.7 Å². The number of methoxy groups -OCH3 is 1. The Morgan fingerprint density at radius 3 is 2.25 bits per heavy atom. The number of esters is 2. The summed E-state index contributed by atoms with van der Waals surface area (Å²) in [4.78, 5) is 77.2. The molecule has 1 aromatic heterocycles. The van der Waals surface area contributed by atoms with E-state index in [1.165, 1.54) is 38.8 Å². The number of carbonyl (C=O) groups excluding carboxylic acids is 5. The Morgan fingerprint density at radius 1 is 1.05 bits per heavy atom. The molecule has 0 amide bonds. The number of imidazole rings is 1. The van der Waals surface area contributed by atoms with E-state index in [1.54, 1.807) is 65.0 Å². The summed E-state index contributed by atoms with van der Waals surface area (Å²) in [6.07, 6.45) is 0.672. The first-order valence-electron chi connectivity index (χ1n) is 21.9. The maximum atomic E-state index is 14.8. The second-order valence-corrected chi connectivity index (χ2v) is 24.1. The molecule has 11 atom stereocenters. The molecule has 63 heavy (non-hydrogen) atoms. The van der Waals surface area contributed by atoms with Gasteiger partial charge in [0.25, 0.3) is 0 Å². The van der Waals surface area contributed by atoms with E-state index in [1.807, 2.05) is 39.0 Å². The minimum Gasteiger partial charge on any atom is -0.457 e. The van der Waals surface area contributed by atoms with Crippen LogP contribution in [-0.4, -0.2) is 128 Å². The number of aromatic nitrogens is 2.